The first-order chi connectivity index (χ1) is 6.63. The van der Waals surface area contributed by atoms with Crippen LogP contribution in [0, 0.1) is 0 Å². The van der Waals surface area contributed by atoms with Crippen LogP contribution >= 0.6 is 15.9 Å². The quantitative estimate of drug-likeness (QED) is 0.825. The summed E-state index contributed by atoms with van der Waals surface area (Å²) in [5.41, 5.74) is -0.735. The molecule has 1 aliphatic rings. The second-order valence-electron chi connectivity index (χ2n) is 3.57. The molecule has 1 saturated heterocycles. The van der Waals surface area contributed by atoms with Crippen LogP contribution in [0.5, 0.6) is 0 Å². The van der Waals surface area contributed by atoms with E-state index in [-0.39, 0.29) is 0 Å². The zero-order chi connectivity index (χ0) is 10.2. The summed E-state index contributed by atoms with van der Waals surface area (Å²) in [5, 5.41) is 10.7. The summed E-state index contributed by atoms with van der Waals surface area (Å²) in [5.74, 6) is 0. The highest BCUT2D eigenvalue weighted by Gasteiger charge is 2.38. The van der Waals surface area contributed by atoms with Crippen molar-refractivity contribution in [2.24, 2.45) is 7.05 Å². The van der Waals surface area contributed by atoms with Crippen molar-refractivity contribution in [3.05, 3.63) is 10.3 Å². The summed E-state index contributed by atoms with van der Waals surface area (Å²) < 4.78 is 16.5. The molecule has 0 radical (unpaired) electrons. The summed E-state index contributed by atoms with van der Waals surface area (Å²) in [6.45, 7) is 1.40. The van der Waals surface area contributed by atoms with E-state index < -0.39 is 5.67 Å². The van der Waals surface area contributed by atoms with Gasteiger partial charge in [-0.3, -0.25) is 0 Å². The SMILES string of the molecule is Cn1nnc(Br)c1C1(F)CCNCC1. The Morgan fingerprint density at radius 2 is 2.14 bits per heavy atom. The van der Waals surface area contributed by atoms with Gasteiger partial charge in [-0.15, -0.1) is 5.10 Å². The Labute approximate surface area is 90.0 Å². The molecule has 0 spiro atoms. The van der Waals surface area contributed by atoms with E-state index in [2.05, 4.69) is 31.6 Å². The molecule has 2 heterocycles. The molecule has 0 atom stereocenters. The zero-order valence-corrected chi connectivity index (χ0v) is 9.51. The number of hydrogen-bond donors (Lipinski definition) is 1. The first-order valence-corrected chi connectivity index (χ1v) is 5.38. The normalized spacial score (nSPS) is 21.1. The zero-order valence-electron chi connectivity index (χ0n) is 7.93. The topological polar surface area (TPSA) is 42.7 Å². The Balaban J connectivity index is 2.36. The van der Waals surface area contributed by atoms with E-state index in [4.69, 9.17) is 0 Å². The Hall–Kier alpha value is -0.490. The summed E-state index contributed by atoms with van der Waals surface area (Å²) >= 11 is 3.23. The number of nitrogens with zero attached hydrogens (tertiary/aromatic N) is 3. The maximum Gasteiger partial charge on any atom is 0.157 e. The fraction of sp³-hybridized carbons (Fsp3) is 0.750. The van der Waals surface area contributed by atoms with Crippen molar-refractivity contribution in [2.75, 3.05) is 13.1 Å². The van der Waals surface area contributed by atoms with Crippen LogP contribution < -0.4 is 5.32 Å². The highest BCUT2D eigenvalue weighted by molar-refractivity contribution is 9.10. The molecule has 1 N–H and O–H groups in total. The number of rotatable bonds is 1. The van der Waals surface area contributed by atoms with Crippen LogP contribution in [-0.4, -0.2) is 28.1 Å². The lowest BCUT2D eigenvalue weighted by Gasteiger charge is -2.29. The van der Waals surface area contributed by atoms with E-state index in [9.17, 15) is 4.39 Å². The van der Waals surface area contributed by atoms with Gasteiger partial charge in [0.15, 0.2) is 10.3 Å². The van der Waals surface area contributed by atoms with Gasteiger partial charge < -0.3 is 5.32 Å². The molecule has 0 saturated carbocycles. The Bertz CT molecular complexity index is 313. The molecule has 1 aromatic rings. The lowest BCUT2D eigenvalue weighted by atomic mass is 9.91. The predicted molar refractivity (Wildman–Crippen MR) is 53.6 cm³/mol. The van der Waals surface area contributed by atoms with Crippen molar-refractivity contribution in [2.45, 2.75) is 18.5 Å². The molecular formula is C8H12BrFN4. The average molecular weight is 263 g/mol. The smallest absolute Gasteiger partial charge is 0.157 e. The first kappa shape index (κ1) is 10.0. The molecule has 0 aliphatic carbocycles. The van der Waals surface area contributed by atoms with Crippen LogP contribution in [0.15, 0.2) is 4.60 Å². The van der Waals surface area contributed by atoms with Gasteiger partial charge in [-0.2, -0.15) is 0 Å². The summed E-state index contributed by atoms with van der Waals surface area (Å²) in [6.07, 6.45) is 0.958. The number of piperidine rings is 1. The van der Waals surface area contributed by atoms with Gasteiger partial charge >= 0.3 is 0 Å². The standard InChI is InChI=1S/C8H12BrFN4/c1-14-6(7(9)12-13-14)8(10)2-4-11-5-3-8/h11H,2-5H2,1H3. The third-order valence-electron chi connectivity index (χ3n) is 2.61. The fourth-order valence-electron chi connectivity index (χ4n) is 1.87. The summed E-state index contributed by atoms with van der Waals surface area (Å²) in [6, 6.07) is 0. The number of alkyl halides is 1. The van der Waals surface area contributed by atoms with Gasteiger partial charge in [-0.05, 0) is 41.9 Å². The minimum absolute atomic E-state index is 0.479. The Morgan fingerprint density at radius 3 is 2.64 bits per heavy atom. The van der Waals surface area contributed by atoms with Gasteiger partial charge in [0.25, 0.3) is 0 Å². The minimum Gasteiger partial charge on any atom is -0.316 e. The van der Waals surface area contributed by atoms with E-state index in [0.717, 1.165) is 0 Å². The molecule has 0 unspecified atom stereocenters. The van der Waals surface area contributed by atoms with E-state index in [0.29, 0.717) is 36.2 Å². The van der Waals surface area contributed by atoms with Crippen LogP contribution in [0.4, 0.5) is 4.39 Å². The molecule has 0 aromatic carbocycles. The third kappa shape index (κ3) is 1.56. The molecule has 78 valence electrons. The third-order valence-corrected chi connectivity index (χ3v) is 3.14. The van der Waals surface area contributed by atoms with E-state index in [1.165, 1.54) is 4.68 Å². The van der Waals surface area contributed by atoms with Gasteiger partial charge in [0, 0.05) is 7.05 Å². The molecule has 6 heteroatoms. The van der Waals surface area contributed by atoms with Gasteiger partial charge in [-0.1, -0.05) is 5.21 Å². The highest BCUT2D eigenvalue weighted by Crippen LogP contribution is 2.37. The maximum absolute atomic E-state index is 14.5. The maximum atomic E-state index is 14.5. The van der Waals surface area contributed by atoms with Gasteiger partial charge in [0.1, 0.15) is 5.69 Å². The lowest BCUT2D eigenvalue weighted by Crippen LogP contribution is -2.38. The van der Waals surface area contributed by atoms with Crippen LogP contribution in [0.1, 0.15) is 18.5 Å². The monoisotopic (exact) mass is 262 g/mol. The lowest BCUT2D eigenvalue weighted by molar-refractivity contribution is 0.104. The van der Waals surface area contributed by atoms with Gasteiger partial charge in [0.05, 0.1) is 0 Å². The number of hydrogen-bond acceptors (Lipinski definition) is 3. The molecule has 1 aromatic heterocycles. The summed E-state index contributed by atoms with van der Waals surface area (Å²) in [7, 11) is 1.72. The highest BCUT2D eigenvalue weighted by atomic mass is 79.9. The summed E-state index contributed by atoms with van der Waals surface area (Å²) in [4.78, 5) is 0. The van der Waals surface area contributed by atoms with Crippen molar-refractivity contribution in [1.29, 1.82) is 0 Å². The number of nitrogens with one attached hydrogen (secondary N) is 1. The van der Waals surface area contributed by atoms with E-state index in [1.54, 1.807) is 7.05 Å². The van der Waals surface area contributed by atoms with Gasteiger partial charge in [0.2, 0.25) is 0 Å². The molecule has 0 bridgehead atoms. The fourth-order valence-corrected chi connectivity index (χ4v) is 2.55. The molecule has 1 aliphatic heterocycles. The average Bonchev–Trinajstić information content (AvgIpc) is 2.48. The van der Waals surface area contributed by atoms with Crippen molar-refractivity contribution >= 4 is 15.9 Å². The number of halogens is 2. The van der Waals surface area contributed by atoms with Crippen LogP contribution in [0.2, 0.25) is 0 Å². The molecule has 0 amide bonds. The van der Waals surface area contributed by atoms with E-state index >= 15 is 0 Å². The molecular weight excluding hydrogens is 251 g/mol. The molecule has 1 fully saturated rings. The second kappa shape index (κ2) is 3.58. The van der Waals surface area contributed by atoms with Crippen LogP contribution in [0.25, 0.3) is 0 Å². The number of aromatic nitrogens is 3. The van der Waals surface area contributed by atoms with Crippen molar-refractivity contribution < 1.29 is 4.39 Å². The Morgan fingerprint density at radius 1 is 1.50 bits per heavy atom. The van der Waals surface area contributed by atoms with Gasteiger partial charge in [-0.25, -0.2) is 9.07 Å². The van der Waals surface area contributed by atoms with Crippen LogP contribution in [-0.2, 0) is 12.7 Å². The van der Waals surface area contributed by atoms with Crippen molar-refractivity contribution in [3.63, 3.8) is 0 Å². The Kier molecular flexibility index (Phi) is 2.57. The van der Waals surface area contributed by atoms with Crippen molar-refractivity contribution in [1.82, 2.24) is 20.3 Å². The number of aryl methyl sites for hydroxylation is 1. The molecule has 2 rings (SSSR count). The molecule has 14 heavy (non-hydrogen) atoms. The van der Waals surface area contributed by atoms with Crippen molar-refractivity contribution in [3.8, 4) is 0 Å². The second-order valence-corrected chi connectivity index (χ2v) is 4.32. The first-order valence-electron chi connectivity index (χ1n) is 4.59. The minimum atomic E-state index is -1.29. The predicted octanol–water partition coefficient (Wildman–Crippen LogP) is 1.13. The largest absolute Gasteiger partial charge is 0.316 e. The van der Waals surface area contributed by atoms with E-state index in [1.807, 2.05) is 0 Å². The molecule has 4 nitrogen and oxygen atoms in total. The van der Waals surface area contributed by atoms with Crippen LogP contribution in [0.3, 0.4) is 0 Å².